The molecule has 110 valence electrons. The molecule has 0 radical (unpaired) electrons. The van der Waals surface area contributed by atoms with Crippen LogP contribution in [0.5, 0.6) is 0 Å². The van der Waals surface area contributed by atoms with Crippen molar-refractivity contribution in [2.75, 3.05) is 11.9 Å². The summed E-state index contributed by atoms with van der Waals surface area (Å²) in [7, 11) is 0. The maximum atomic E-state index is 12.1. The fraction of sp³-hybridized carbons (Fsp3) is 0.231. The number of hydrogen-bond donors (Lipinski definition) is 1. The van der Waals surface area contributed by atoms with Gasteiger partial charge in [0.2, 0.25) is 0 Å². The van der Waals surface area contributed by atoms with Gasteiger partial charge >= 0.3 is 5.97 Å². The molecule has 21 heavy (non-hydrogen) atoms. The molecule has 0 fully saturated rings. The molecule has 8 heteroatoms. The summed E-state index contributed by atoms with van der Waals surface area (Å²) >= 11 is 6.91. The van der Waals surface area contributed by atoms with E-state index in [0.717, 1.165) is 11.3 Å². The zero-order valence-corrected chi connectivity index (χ0v) is 12.9. The average molecular weight is 326 g/mol. The highest BCUT2D eigenvalue weighted by Crippen LogP contribution is 2.24. The van der Waals surface area contributed by atoms with Crippen LogP contribution in [0.3, 0.4) is 0 Å². The van der Waals surface area contributed by atoms with Crippen LogP contribution in [0, 0.1) is 6.92 Å². The van der Waals surface area contributed by atoms with Gasteiger partial charge in [-0.25, -0.2) is 14.8 Å². The summed E-state index contributed by atoms with van der Waals surface area (Å²) in [5, 5.41) is 3.00. The molecule has 0 aliphatic heterocycles. The van der Waals surface area contributed by atoms with Crippen molar-refractivity contribution in [2.24, 2.45) is 0 Å². The molecule has 2 aromatic heterocycles. The number of rotatable bonds is 4. The number of esters is 1. The highest BCUT2D eigenvalue weighted by Gasteiger charge is 2.18. The van der Waals surface area contributed by atoms with Crippen LogP contribution in [-0.4, -0.2) is 28.5 Å². The van der Waals surface area contributed by atoms with Crippen LogP contribution in [0.15, 0.2) is 18.3 Å². The fourth-order valence-corrected chi connectivity index (χ4v) is 2.62. The van der Waals surface area contributed by atoms with Crippen LogP contribution in [0.1, 0.15) is 32.6 Å². The third kappa shape index (κ3) is 3.56. The Hall–Kier alpha value is -1.99. The van der Waals surface area contributed by atoms with E-state index in [-0.39, 0.29) is 17.3 Å². The van der Waals surface area contributed by atoms with Gasteiger partial charge in [-0.2, -0.15) is 0 Å². The first kappa shape index (κ1) is 15.4. The average Bonchev–Trinajstić information content (AvgIpc) is 2.80. The molecule has 0 unspecified atom stereocenters. The second-order valence-electron chi connectivity index (χ2n) is 3.95. The molecule has 0 aliphatic carbocycles. The van der Waals surface area contributed by atoms with Crippen molar-refractivity contribution >= 4 is 39.9 Å². The van der Waals surface area contributed by atoms with E-state index < -0.39 is 11.9 Å². The summed E-state index contributed by atoms with van der Waals surface area (Å²) in [6.45, 7) is 3.68. The SMILES string of the molecule is CCOC(=O)c1sc(NC(=O)c2cccnc2Cl)nc1C. The lowest BCUT2D eigenvalue weighted by Gasteiger charge is -2.02. The summed E-state index contributed by atoms with van der Waals surface area (Å²) in [5.74, 6) is -0.885. The maximum absolute atomic E-state index is 12.1. The van der Waals surface area contributed by atoms with Crippen molar-refractivity contribution in [2.45, 2.75) is 13.8 Å². The van der Waals surface area contributed by atoms with Crippen LogP contribution in [0.2, 0.25) is 5.15 Å². The molecular weight excluding hydrogens is 314 g/mol. The third-order valence-electron chi connectivity index (χ3n) is 2.48. The monoisotopic (exact) mass is 325 g/mol. The molecule has 1 N–H and O–H groups in total. The van der Waals surface area contributed by atoms with Crippen LogP contribution in [-0.2, 0) is 4.74 Å². The molecule has 6 nitrogen and oxygen atoms in total. The van der Waals surface area contributed by atoms with Crippen molar-refractivity contribution in [1.29, 1.82) is 0 Å². The van der Waals surface area contributed by atoms with E-state index in [9.17, 15) is 9.59 Å². The van der Waals surface area contributed by atoms with Gasteiger partial charge in [0.1, 0.15) is 10.0 Å². The number of carbonyl (C=O) groups excluding carboxylic acids is 2. The largest absolute Gasteiger partial charge is 0.462 e. The van der Waals surface area contributed by atoms with Gasteiger partial charge in [0.15, 0.2) is 5.13 Å². The van der Waals surface area contributed by atoms with E-state index in [0.29, 0.717) is 15.7 Å². The van der Waals surface area contributed by atoms with E-state index >= 15 is 0 Å². The minimum absolute atomic E-state index is 0.105. The van der Waals surface area contributed by atoms with Crippen molar-refractivity contribution in [1.82, 2.24) is 9.97 Å². The molecule has 2 heterocycles. The summed E-state index contributed by atoms with van der Waals surface area (Å²) < 4.78 is 4.92. The first-order valence-corrected chi connectivity index (χ1v) is 7.28. The Morgan fingerprint density at radius 3 is 2.90 bits per heavy atom. The number of aromatic nitrogens is 2. The lowest BCUT2D eigenvalue weighted by Crippen LogP contribution is -2.12. The lowest BCUT2D eigenvalue weighted by atomic mass is 10.3. The standard InChI is InChI=1S/C13H12ClN3O3S/c1-3-20-12(19)9-7(2)16-13(21-9)17-11(18)8-5-4-6-15-10(8)14/h4-6H,3H2,1-2H3,(H,16,17,18). The zero-order valence-electron chi connectivity index (χ0n) is 11.3. The van der Waals surface area contributed by atoms with Gasteiger partial charge in [-0.15, -0.1) is 0 Å². The molecule has 0 aliphatic rings. The fourth-order valence-electron chi connectivity index (χ4n) is 1.56. The number of nitrogens with zero attached hydrogens (tertiary/aromatic N) is 2. The van der Waals surface area contributed by atoms with E-state index in [1.54, 1.807) is 26.0 Å². The molecule has 0 atom stereocenters. The van der Waals surface area contributed by atoms with Gasteiger partial charge < -0.3 is 4.74 Å². The molecule has 1 amide bonds. The number of carbonyl (C=O) groups is 2. The number of amides is 1. The van der Waals surface area contributed by atoms with Gasteiger partial charge in [0, 0.05) is 6.20 Å². The van der Waals surface area contributed by atoms with Gasteiger partial charge in [0.05, 0.1) is 17.9 Å². The summed E-state index contributed by atoms with van der Waals surface area (Å²) in [4.78, 5) is 32.1. The minimum atomic E-state index is -0.451. The van der Waals surface area contributed by atoms with Crippen LogP contribution < -0.4 is 5.32 Å². The Bertz CT molecular complexity index is 687. The molecule has 0 saturated heterocycles. The first-order valence-electron chi connectivity index (χ1n) is 6.09. The smallest absolute Gasteiger partial charge is 0.350 e. The van der Waals surface area contributed by atoms with Crippen molar-refractivity contribution in [3.8, 4) is 0 Å². The number of halogens is 1. The Labute approximate surface area is 130 Å². The Kier molecular flexibility index (Phi) is 4.87. The summed E-state index contributed by atoms with van der Waals surface area (Å²) in [6, 6.07) is 3.16. The molecule has 0 aromatic carbocycles. The Balaban J connectivity index is 2.17. The highest BCUT2D eigenvalue weighted by molar-refractivity contribution is 7.17. The Morgan fingerprint density at radius 2 is 2.24 bits per heavy atom. The number of aryl methyl sites for hydroxylation is 1. The van der Waals surface area contributed by atoms with Crippen molar-refractivity contribution in [3.63, 3.8) is 0 Å². The number of hydrogen-bond acceptors (Lipinski definition) is 6. The number of ether oxygens (including phenoxy) is 1. The number of thiazole rings is 1. The predicted octanol–water partition coefficient (Wildman–Crippen LogP) is 2.93. The second-order valence-corrected chi connectivity index (χ2v) is 5.31. The molecule has 2 rings (SSSR count). The van der Waals surface area contributed by atoms with Crippen LogP contribution >= 0.6 is 22.9 Å². The van der Waals surface area contributed by atoms with E-state index in [1.165, 1.54) is 6.20 Å². The topological polar surface area (TPSA) is 81.2 Å². The molecular formula is C13H12ClN3O3S. The number of pyridine rings is 1. The van der Waals surface area contributed by atoms with Crippen LogP contribution in [0.4, 0.5) is 5.13 Å². The van der Waals surface area contributed by atoms with E-state index in [4.69, 9.17) is 16.3 Å². The number of anilines is 1. The summed E-state index contributed by atoms with van der Waals surface area (Å²) in [5.41, 5.74) is 0.746. The Morgan fingerprint density at radius 1 is 1.48 bits per heavy atom. The first-order chi connectivity index (χ1) is 10.0. The van der Waals surface area contributed by atoms with Crippen LogP contribution in [0.25, 0.3) is 0 Å². The highest BCUT2D eigenvalue weighted by atomic mass is 35.5. The number of nitrogens with one attached hydrogen (secondary N) is 1. The molecule has 0 bridgehead atoms. The lowest BCUT2D eigenvalue weighted by molar-refractivity contribution is 0.0531. The normalized spacial score (nSPS) is 10.2. The van der Waals surface area contributed by atoms with Gasteiger partial charge in [-0.05, 0) is 26.0 Å². The van der Waals surface area contributed by atoms with Crippen molar-refractivity contribution in [3.05, 3.63) is 39.6 Å². The van der Waals surface area contributed by atoms with Gasteiger partial charge in [-0.3, -0.25) is 10.1 Å². The van der Waals surface area contributed by atoms with E-state index in [2.05, 4.69) is 15.3 Å². The third-order valence-corrected chi connectivity index (χ3v) is 3.84. The summed E-state index contributed by atoms with van der Waals surface area (Å²) in [6.07, 6.45) is 1.49. The zero-order chi connectivity index (χ0) is 15.4. The quantitative estimate of drug-likeness (QED) is 0.690. The van der Waals surface area contributed by atoms with Crippen molar-refractivity contribution < 1.29 is 14.3 Å². The molecule has 2 aromatic rings. The van der Waals surface area contributed by atoms with Gasteiger partial charge in [0.25, 0.3) is 5.91 Å². The predicted molar refractivity (Wildman–Crippen MR) is 80.0 cm³/mol. The van der Waals surface area contributed by atoms with E-state index in [1.807, 2.05) is 0 Å². The minimum Gasteiger partial charge on any atom is -0.462 e. The molecule has 0 saturated carbocycles. The molecule has 0 spiro atoms. The second kappa shape index (κ2) is 6.64. The van der Waals surface area contributed by atoms with Gasteiger partial charge in [-0.1, -0.05) is 22.9 Å². The maximum Gasteiger partial charge on any atom is 0.350 e.